The zero-order chi connectivity index (χ0) is 10.7. The molecule has 1 fully saturated rings. The highest BCUT2D eigenvalue weighted by molar-refractivity contribution is 6.31. The highest BCUT2D eigenvalue weighted by Crippen LogP contribution is 2.32. The average molecular weight is 228 g/mol. The van der Waals surface area contributed by atoms with Crippen LogP contribution in [0.1, 0.15) is 24.6 Å². The Morgan fingerprint density at radius 2 is 2.27 bits per heavy atom. The number of alkyl halides is 1. The van der Waals surface area contributed by atoms with Crippen LogP contribution in [0.4, 0.5) is 4.39 Å². The number of halogens is 2. The van der Waals surface area contributed by atoms with Crippen LogP contribution in [-0.2, 0) is 0 Å². The summed E-state index contributed by atoms with van der Waals surface area (Å²) in [7, 11) is 0. The van der Waals surface area contributed by atoms with Gasteiger partial charge in [-0.15, -0.1) is 0 Å². The van der Waals surface area contributed by atoms with Crippen molar-refractivity contribution >= 4 is 11.6 Å². The quantitative estimate of drug-likeness (QED) is 0.835. The van der Waals surface area contributed by atoms with E-state index in [-0.39, 0.29) is 0 Å². The van der Waals surface area contributed by atoms with E-state index in [1.807, 2.05) is 12.1 Å². The molecule has 0 aromatic heterocycles. The van der Waals surface area contributed by atoms with E-state index < -0.39 is 6.17 Å². The van der Waals surface area contributed by atoms with Crippen molar-refractivity contribution < 1.29 is 4.39 Å². The van der Waals surface area contributed by atoms with Gasteiger partial charge in [0.15, 0.2) is 0 Å². The summed E-state index contributed by atoms with van der Waals surface area (Å²) in [4.78, 5) is 0. The molecule has 1 aromatic carbocycles. The summed E-state index contributed by atoms with van der Waals surface area (Å²) >= 11 is 5.95. The van der Waals surface area contributed by atoms with Crippen molar-refractivity contribution in [1.82, 2.24) is 5.32 Å². The van der Waals surface area contributed by atoms with Gasteiger partial charge < -0.3 is 5.32 Å². The van der Waals surface area contributed by atoms with Gasteiger partial charge in [0.05, 0.1) is 0 Å². The third-order valence-electron chi connectivity index (χ3n) is 2.95. The van der Waals surface area contributed by atoms with Crippen LogP contribution in [0.25, 0.3) is 0 Å². The van der Waals surface area contributed by atoms with Crippen LogP contribution in [0, 0.1) is 5.92 Å². The smallest absolute Gasteiger partial charge is 0.127 e. The van der Waals surface area contributed by atoms with Crippen LogP contribution in [0.3, 0.4) is 0 Å². The Bertz CT molecular complexity index is 323. The topological polar surface area (TPSA) is 12.0 Å². The fourth-order valence-corrected chi connectivity index (χ4v) is 2.32. The van der Waals surface area contributed by atoms with E-state index >= 15 is 0 Å². The molecule has 0 radical (unpaired) electrons. The van der Waals surface area contributed by atoms with E-state index in [1.54, 1.807) is 12.1 Å². The number of rotatable bonds is 3. The van der Waals surface area contributed by atoms with Gasteiger partial charge in [0.2, 0.25) is 0 Å². The van der Waals surface area contributed by atoms with Gasteiger partial charge in [-0.2, -0.15) is 0 Å². The van der Waals surface area contributed by atoms with Gasteiger partial charge in [-0.25, -0.2) is 4.39 Å². The normalized spacial score (nSPS) is 22.9. The van der Waals surface area contributed by atoms with Crippen LogP contribution in [0.15, 0.2) is 24.3 Å². The van der Waals surface area contributed by atoms with E-state index in [0.29, 0.717) is 22.9 Å². The van der Waals surface area contributed by atoms with Crippen LogP contribution in [0.5, 0.6) is 0 Å². The minimum atomic E-state index is -0.927. The Hall–Kier alpha value is -0.600. The molecule has 1 N–H and O–H groups in total. The third-order valence-corrected chi connectivity index (χ3v) is 3.29. The van der Waals surface area contributed by atoms with Gasteiger partial charge in [0.1, 0.15) is 6.17 Å². The lowest BCUT2D eigenvalue weighted by molar-refractivity contribution is 0.281. The molecule has 1 aromatic rings. The van der Waals surface area contributed by atoms with Gasteiger partial charge in [-0.1, -0.05) is 29.8 Å². The maximum Gasteiger partial charge on any atom is 0.127 e. The maximum absolute atomic E-state index is 13.9. The van der Waals surface area contributed by atoms with Gasteiger partial charge in [-0.05, 0) is 37.9 Å². The van der Waals surface area contributed by atoms with E-state index in [2.05, 4.69) is 5.32 Å². The molecular formula is C12H15ClFN. The first-order chi connectivity index (χ1) is 7.27. The maximum atomic E-state index is 13.9. The molecule has 2 atom stereocenters. The van der Waals surface area contributed by atoms with E-state index in [4.69, 9.17) is 11.6 Å². The Morgan fingerprint density at radius 3 is 2.93 bits per heavy atom. The lowest BCUT2D eigenvalue weighted by Crippen LogP contribution is -2.10. The first-order valence-corrected chi connectivity index (χ1v) is 5.74. The summed E-state index contributed by atoms with van der Waals surface area (Å²) in [6.07, 6.45) is 0.727. The molecule has 0 aliphatic carbocycles. The summed E-state index contributed by atoms with van der Waals surface area (Å²) in [5, 5.41) is 3.78. The monoisotopic (exact) mass is 227 g/mol. The van der Waals surface area contributed by atoms with Crippen molar-refractivity contribution in [3.05, 3.63) is 34.9 Å². The zero-order valence-corrected chi connectivity index (χ0v) is 9.30. The number of nitrogens with one attached hydrogen (secondary N) is 1. The Kier molecular flexibility index (Phi) is 3.60. The third kappa shape index (κ3) is 2.70. The largest absolute Gasteiger partial charge is 0.316 e. The highest BCUT2D eigenvalue weighted by atomic mass is 35.5. The molecule has 2 unspecified atom stereocenters. The number of hydrogen-bond acceptors (Lipinski definition) is 1. The fraction of sp³-hybridized carbons (Fsp3) is 0.500. The standard InChI is InChI=1S/C12H15ClFN/c13-11-4-2-1-3-10(11)12(14)7-9-5-6-15-8-9/h1-4,9,12,15H,5-8H2. The fourth-order valence-electron chi connectivity index (χ4n) is 2.06. The van der Waals surface area contributed by atoms with Crippen LogP contribution >= 0.6 is 11.6 Å². The van der Waals surface area contributed by atoms with E-state index in [9.17, 15) is 4.39 Å². The second-order valence-corrected chi connectivity index (χ2v) is 4.49. The number of hydrogen-bond donors (Lipinski definition) is 1. The molecule has 1 nitrogen and oxygen atoms in total. The van der Waals surface area contributed by atoms with Gasteiger partial charge in [0.25, 0.3) is 0 Å². The summed E-state index contributed by atoms with van der Waals surface area (Å²) in [6, 6.07) is 7.18. The van der Waals surface area contributed by atoms with Gasteiger partial charge >= 0.3 is 0 Å². The van der Waals surface area contributed by atoms with Crippen LogP contribution in [-0.4, -0.2) is 13.1 Å². The molecule has 0 amide bonds. The minimum absolute atomic E-state index is 0.455. The van der Waals surface area contributed by atoms with Crippen LogP contribution in [0.2, 0.25) is 5.02 Å². The predicted molar refractivity (Wildman–Crippen MR) is 60.9 cm³/mol. The Balaban J connectivity index is 2.00. The molecule has 0 bridgehead atoms. The highest BCUT2D eigenvalue weighted by Gasteiger charge is 2.21. The second-order valence-electron chi connectivity index (χ2n) is 4.08. The van der Waals surface area contributed by atoms with Crippen molar-refractivity contribution in [1.29, 1.82) is 0 Å². The summed E-state index contributed by atoms with van der Waals surface area (Å²) in [6.45, 7) is 1.95. The first-order valence-electron chi connectivity index (χ1n) is 5.36. The molecule has 1 aliphatic rings. The lowest BCUT2D eigenvalue weighted by atomic mass is 9.97. The molecule has 1 aliphatic heterocycles. The average Bonchev–Trinajstić information content (AvgIpc) is 2.71. The molecule has 82 valence electrons. The molecule has 15 heavy (non-hydrogen) atoms. The van der Waals surface area contributed by atoms with Crippen molar-refractivity contribution in [2.75, 3.05) is 13.1 Å². The first kappa shape index (κ1) is 10.9. The van der Waals surface area contributed by atoms with Crippen molar-refractivity contribution in [2.24, 2.45) is 5.92 Å². The van der Waals surface area contributed by atoms with Gasteiger partial charge in [-0.3, -0.25) is 0 Å². The van der Waals surface area contributed by atoms with Crippen molar-refractivity contribution in [2.45, 2.75) is 19.0 Å². The lowest BCUT2D eigenvalue weighted by Gasteiger charge is -2.14. The Morgan fingerprint density at radius 1 is 1.47 bits per heavy atom. The number of benzene rings is 1. The van der Waals surface area contributed by atoms with Crippen LogP contribution < -0.4 is 5.32 Å². The molecule has 0 spiro atoms. The molecule has 1 saturated heterocycles. The second kappa shape index (κ2) is 4.95. The predicted octanol–water partition coefficient (Wildman–Crippen LogP) is 3.35. The molecule has 0 saturated carbocycles. The zero-order valence-electron chi connectivity index (χ0n) is 8.55. The molecular weight excluding hydrogens is 213 g/mol. The molecule has 3 heteroatoms. The summed E-state index contributed by atoms with van der Waals surface area (Å²) < 4.78 is 13.9. The van der Waals surface area contributed by atoms with Crippen molar-refractivity contribution in [3.63, 3.8) is 0 Å². The van der Waals surface area contributed by atoms with Crippen molar-refractivity contribution in [3.8, 4) is 0 Å². The molecule has 2 rings (SSSR count). The summed E-state index contributed by atoms with van der Waals surface area (Å²) in [5.74, 6) is 0.455. The van der Waals surface area contributed by atoms with Gasteiger partial charge in [0, 0.05) is 10.6 Å². The summed E-state index contributed by atoms with van der Waals surface area (Å²) in [5.41, 5.74) is 0.631. The Labute approximate surface area is 94.6 Å². The SMILES string of the molecule is FC(CC1CCNC1)c1ccccc1Cl. The minimum Gasteiger partial charge on any atom is -0.316 e. The molecule has 1 heterocycles. The van der Waals surface area contributed by atoms with E-state index in [1.165, 1.54) is 0 Å². The van der Waals surface area contributed by atoms with E-state index in [0.717, 1.165) is 19.5 Å².